The van der Waals surface area contributed by atoms with E-state index in [0.717, 1.165) is 35.7 Å². The SMILES string of the molecule is CCCc1c(CO)nnn1-c1ccc(Oc2ccccc2)cc1. The molecule has 1 N–H and O–H groups in total. The summed E-state index contributed by atoms with van der Waals surface area (Å²) in [7, 11) is 0. The molecule has 0 fully saturated rings. The minimum absolute atomic E-state index is 0.0927. The Balaban J connectivity index is 1.83. The normalized spacial score (nSPS) is 10.7. The Bertz CT molecular complexity index is 752. The Morgan fingerprint density at radius 2 is 1.70 bits per heavy atom. The van der Waals surface area contributed by atoms with Crippen LogP contribution in [0, 0.1) is 0 Å². The zero-order valence-electron chi connectivity index (χ0n) is 13.0. The van der Waals surface area contributed by atoms with Crippen molar-refractivity contribution in [2.75, 3.05) is 0 Å². The summed E-state index contributed by atoms with van der Waals surface area (Å²) < 4.78 is 7.57. The maximum absolute atomic E-state index is 9.38. The number of aromatic nitrogens is 3. The quantitative estimate of drug-likeness (QED) is 0.757. The second-order valence-corrected chi connectivity index (χ2v) is 5.21. The van der Waals surface area contributed by atoms with E-state index < -0.39 is 0 Å². The molecule has 3 rings (SSSR count). The summed E-state index contributed by atoms with van der Waals surface area (Å²) in [5.41, 5.74) is 2.49. The number of rotatable bonds is 6. The number of hydrogen-bond donors (Lipinski definition) is 1. The molecule has 2 aromatic carbocycles. The van der Waals surface area contributed by atoms with Crippen LogP contribution in [0.1, 0.15) is 24.7 Å². The highest BCUT2D eigenvalue weighted by Gasteiger charge is 2.12. The summed E-state index contributed by atoms with van der Waals surface area (Å²) >= 11 is 0. The predicted octanol–water partition coefficient (Wildman–Crippen LogP) is 3.50. The van der Waals surface area contributed by atoms with Crippen molar-refractivity contribution in [3.8, 4) is 17.2 Å². The first kappa shape index (κ1) is 15.2. The van der Waals surface area contributed by atoms with Gasteiger partial charge in [0.15, 0.2) is 0 Å². The lowest BCUT2D eigenvalue weighted by Gasteiger charge is -2.09. The van der Waals surface area contributed by atoms with Crippen LogP contribution in [0.15, 0.2) is 54.6 Å². The van der Waals surface area contributed by atoms with Gasteiger partial charge in [-0.15, -0.1) is 5.10 Å². The smallest absolute Gasteiger partial charge is 0.127 e. The second kappa shape index (κ2) is 7.07. The largest absolute Gasteiger partial charge is 0.457 e. The molecule has 1 aromatic heterocycles. The van der Waals surface area contributed by atoms with Gasteiger partial charge in [-0.1, -0.05) is 36.8 Å². The highest BCUT2D eigenvalue weighted by Crippen LogP contribution is 2.23. The first-order valence-corrected chi connectivity index (χ1v) is 7.69. The number of hydrogen-bond acceptors (Lipinski definition) is 4. The fraction of sp³-hybridized carbons (Fsp3) is 0.222. The van der Waals surface area contributed by atoms with Gasteiger partial charge in [0.2, 0.25) is 0 Å². The molecular formula is C18H19N3O2. The highest BCUT2D eigenvalue weighted by atomic mass is 16.5. The molecule has 3 aromatic rings. The van der Waals surface area contributed by atoms with Crippen LogP contribution >= 0.6 is 0 Å². The van der Waals surface area contributed by atoms with E-state index in [4.69, 9.17) is 4.74 Å². The lowest BCUT2D eigenvalue weighted by atomic mass is 10.2. The van der Waals surface area contributed by atoms with Gasteiger partial charge in [0, 0.05) is 0 Å². The van der Waals surface area contributed by atoms with Crippen molar-refractivity contribution in [2.24, 2.45) is 0 Å². The zero-order chi connectivity index (χ0) is 16.1. The molecule has 5 heteroatoms. The Morgan fingerprint density at radius 3 is 2.35 bits per heavy atom. The third kappa shape index (κ3) is 3.40. The Kier molecular flexibility index (Phi) is 4.68. The monoisotopic (exact) mass is 309 g/mol. The third-order valence-electron chi connectivity index (χ3n) is 3.54. The van der Waals surface area contributed by atoms with E-state index in [1.165, 1.54) is 0 Å². The van der Waals surface area contributed by atoms with Crippen LogP contribution in [0.3, 0.4) is 0 Å². The molecule has 0 bridgehead atoms. The van der Waals surface area contributed by atoms with E-state index in [1.54, 1.807) is 4.68 Å². The van der Waals surface area contributed by atoms with Crippen LogP contribution in [0.25, 0.3) is 5.69 Å². The van der Waals surface area contributed by atoms with Crippen molar-refractivity contribution in [3.05, 3.63) is 66.0 Å². The molecule has 0 aliphatic carbocycles. The van der Waals surface area contributed by atoms with E-state index in [9.17, 15) is 5.11 Å². The second-order valence-electron chi connectivity index (χ2n) is 5.21. The predicted molar refractivity (Wildman–Crippen MR) is 87.8 cm³/mol. The van der Waals surface area contributed by atoms with Crippen LogP contribution in [0.2, 0.25) is 0 Å². The first-order chi connectivity index (χ1) is 11.3. The number of aliphatic hydroxyl groups excluding tert-OH is 1. The maximum Gasteiger partial charge on any atom is 0.127 e. The summed E-state index contributed by atoms with van der Waals surface area (Å²) in [6.45, 7) is 2.00. The molecule has 0 aliphatic heterocycles. The van der Waals surface area contributed by atoms with Gasteiger partial charge in [-0.3, -0.25) is 0 Å². The molecule has 0 saturated carbocycles. The first-order valence-electron chi connectivity index (χ1n) is 7.69. The van der Waals surface area contributed by atoms with Gasteiger partial charge in [-0.25, -0.2) is 4.68 Å². The van der Waals surface area contributed by atoms with Crippen LogP contribution in [0.5, 0.6) is 11.5 Å². The molecule has 0 saturated heterocycles. The highest BCUT2D eigenvalue weighted by molar-refractivity contribution is 5.40. The summed E-state index contributed by atoms with van der Waals surface area (Å²) in [5.74, 6) is 1.56. The van der Waals surface area contributed by atoms with Gasteiger partial charge in [0.25, 0.3) is 0 Å². The van der Waals surface area contributed by atoms with E-state index in [0.29, 0.717) is 5.69 Å². The van der Waals surface area contributed by atoms with Crippen molar-refractivity contribution < 1.29 is 9.84 Å². The fourth-order valence-corrected chi connectivity index (χ4v) is 2.43. The minimum atomic E-state index is -0.0927. The average Bonchev–Trinajstić information content (AvgIpc) is 3.00. The topological polar surface area (TPSA) is 60.2 Å². The molecule has 23 heavy (non-hydrogen) atoms. The molecule has 0 unspecified atom stereocenters. The lowest BCUT2D eigenvalue weighted by molar-refractivity contribution is 0.275. The van der Waals surface area contributed by atoms with Crippen LogP contribution in [0.4, 0.5) is 0 Å². The van der Waals surface area contributed by atoms with Crippen molar-refractivity contribution in [1.82, 2.24) is 15.0 Å². The van der Waals surface area contributed by atoms with Gasteiger partial charge in [-0.2, -0.15) is 0 Å². The summed E-state index contributed by atoms with van der Waals surface area (Å²) in [6, 6.07) is 17.3. The van der Waals surface area contributed by atoms with Gasteiger partial charge >= 0.3 is 0 Å². The summed E-state index contributed by atoms with van der Waals surface area (Å²) in [5, 5.41) is 17.6. The number of aliphatic hydroxyl groups is 1. The van der Waals surface area contributed by atoms with Crippen LogP contribution in [-0.4, -0.2) is 20.1 Å². The molecule has 1 heterocycles. The molecule has 0 amide bonds. The molecule has 0 atom stereocenters. The standard InChI is InChI=1S/C18H19N3O2/c1-2-6-18-17(13-22)19-20-21(18)14-9-11-16(12-10-14)23-15-7-4-3-5-8-15/h3-5,7-12,22H,2,6,13H2,1H3. The number of benzene rings is 2. The minimum Gasteiger partial charge on any atom is -0.457 e. The van der Waals surface area contributed by atoms with Gasteiger partial charge < -0.3 is 9.84 Å². The van der Waals surface area contributed by atoms with E-state index in [2.05, 4.69) is 17.2 Å². The summed E-state index contributed by atoms with van der Waals surface area (Å²) in [4.78, 5) is 0. The van der Waals surface area contributed by atoms with E-state index in [1.807, 2.05) is 54.6 Å². The Morgan fingerprint density at radius 1 is 1.00 bits per heavy atom. The third-order valence-corrected chi connectivity index (χ3v) is 3.54. The van der Waals surface area contributed by atoms with Crippen molar-refractivity contribution in [2.45, 2.75) is 26.4 Å². The maximum atomic E-state index is 9.38. The average molecular weight is 309 g/mol. The van der Waals surface area contributed by atoms with Crippen molar-refractivity contribution >= 4 is 0 Å². The van der Waals surface area contributed by atoms with Gasteiger partial charge in [-0.05, 0) is 42.8 Å². The van der Waals surface area contributed by atoms with Crippen molar-refractivity contribution in [1.29, 1.82) is 0 Å². The van der Waals surface area contributed by atoms with E-state index >= 15 is 0 Å². The molecule has 5 nitrogen and oxygen atoms in total. The number of para-hydroxylation sites is 1. The van der Waals surface area contributed by atoms with Crippen LogP contribution in [-0.2, 0) is 13.0 Å². The van der Waals surface area contributed by atoms with E-state index in [-0.39, 0.29) is 6.61 Å². The fourth-order valence-electron chi connectivity index (χ4n) is 2.43. The molecule has 0 spiro atoms. The Labute approximate surface area is 135 Å². The number of nitrogens with zero attached hydrogens (tertiary/aromatic N) is 3. The molecular weight excluding hydrogens is 290 g/mol. The summed E-state index contributed by atoms with van der Waals surface area (Å²) in [6.07, 6.45) is 1.79. The zero-order valence-corrected chi connectivity index (χ0v) is 13.0. The Hall–Kier alpha value is -2.66. The van der Waals surface area contributed by atoms with Crippen molar-refractivity contribution in [3.63, 3.8) is 0 Å². The van der Waals surface area contributed by atoms with Crippen LogP contribution < -0.4 is 4.74 Å². The van der Waals surface area contributed by atoms with Gasteiger partial charge in [0.05, 0.1) is 18.0 Å². The number of ether oxygens (including phenoxy) is 1. The molecule has 118 valence electrons. The molecule has 0 aliphatic rings. The van der Waals surface area contributed by atoms with Gasteiger partial charge in [0.1, 0.15) is 17.2 Å². The lowest BCUT2D eigenvalue weighted by Crippen LogP contribution is -2.03. The molecule has 0 radical (unpaired) electrons.